The van der Waals surface area contributed by atoms with Gasteiger partial charge in [0, 0.05) is 21.8 Å². The molecule has 0 radical (unpaired) electrons. The van der Waals surface area contributed by atoms with E-state index in [1.54, 1.807) is 23.0 Å². The lowest BCUT2D eigenvalue weighted by Gasteiger charge is -2.17. The smallest absolute Gasteiger partial charge is 0.265 e. The van der Waals surface area contributed by atoms with Gasteiger partial charge in [-0.25, -0.2) is 19.9 Å². The quantitative estimate of drug-likeness (QED) is 0.525. The summed E-state index contributed by atoms with van der Waals surface area (Å²) in [6, 6.07) is 13.6. The summed E-state index contributed by atoms with van der Waals surface area (Å²) in [5.41, 5.74) is 2.74. The number of aromatic nitrogens is 2. The number of ether oxygens (including phenoxy) is 1. The Morgan fingerprint density at radius 1 is 1.15 bits per heavy atom. The fourth-order valence-electron chi connectivity index (χ4n) is 2.80. The van der Waals surface area contributed by atoms with Crippen molar-refractivity contribution in [2.24, 2.45) is 5.84 Å². The number of carbonyl (C=O) groups is 1. The lowest BCUT2D eigenvalue weighted by Crippen LogP contribution is -2.35. The number of halogens is 2. The van der Waals surface area contributed by atoms with Crippen LogP contribution in [0.25, 0.3) is 16.9 Å². The Hall–Kier alpha value is -2.55. The fourth-order valence-corrected chi connectivity index (χ4v) is 3.07. The molecule has 0 bridgehead atoms. The molecule has 0 saturated carbocycles. The van der Waals surface area contributed by atoms with Crippen LogP contribution in [-0.2, 0) is 9.53 Å². The zero-order chi connectivity index (χ0) is 18.3. The molecule has 8 heteroatoms. The van der Waals surface area contributed by atoms with E-state index in [1.807, 2.05) is 24.3 Å². The minimum absolute atomic E-state index is 0.0898. The molecule has 1 aromatic heterocycles. The van der Waals surface area contributed by atoms with E-state index in [1.165, 1.54) is 12.1 Å². The van der Waals surface area contributed by atoms with Gasteiger partial charge in [-0.15, -0.1) is 0 Å². The van der Waals surface area contributed by atoms with Gasteiger partial charge in [-0.2, -0.15) is 5.10 Å². The van der Waals surface area contributed by atoms with Crippen molar-refractivity contribution >= 4 is 21.8 Å². The number of nitrogens with two attached hydrogens (primary N) is 1. The van der Waals surface area contributed by atoms with E-state index < -0.39 is 6.23 Å². The van der Waals surface area contributed by atoms with Gasteiger partial charge in [0.15, 0.2) is 6.23 Å². The molecule has 132 valence electrons. The largest absolute Gasteiger partial charge is 0.343 e. The van der Waals surface area contributed by atoms with Crippen molar-refractivity contribution in [3.8, 4) is 16.9 Å². The Morgan fingerprint density at radius 2 is 1.85 bits per heavy atom. The molecule has 1 amide bonds. The van der Waals surface area contributed by atoms with Gasteiger partial charge in [-0.1, -0.05) is 15.9 Å². The second kappa shape index (κ2) is 6.64. The average Bonchev–Trinajstić information content (AvgIpc) is 3.21. The van der Waals surface area contributed by atoms with Crippen LogP contribution in [0.1, 0.15) is 11.8 Å². The minimum Gasteiger partial charge on any atom is -0.343 e. The highest BCUT2D eigenvalue weighted by Crippen LogP contribution is 2.33. The summed E-state index contributed by atoms with van der Waals surface area (Å²) in [5, 5.41) is 5.67. The highest BCUT2D eigenvalue weighted by atomic mass is 79.9. The van der Waals surface area contributed by atoms with Gasteiger partial charge in [0.05, 0.1) is 5.69 Å². The number of hydrogen-bond donors (Lipinski definition) is 1. The summed E-state index contributed by atoms with van der Waals surface area (Å²) in [7, 11) is 0. The topological polar surface area (TPSA) is 73.4 Å². The van der Waals surface area contributed by atoms with Gasteiger partial charge < -0.3 is 4.74 Å². The van der Waals surface area contributed by atoms with Crippen molar-refractivity contribution in [2.45, 2.75) is 6.23 Å². The predicted octanol–water partition coefficient (Wildman–Crippen LogP) is 3.17. The van der Waals surface area contributed by atoms with Crippen molar-refractivity contribution in [3.05, 3.63) is 70.6 Å². The molecule has 1 unspecified atom stereocenters. The molecular formula is C18H14BrFN4O2. The third-order valence-electron chi connectivity index (χ3n) is 4.12. The number of hydrazine groups is 1. The first kappa shape index (κ1) is 16.9. The average molecular weight is 417 g/mol. The fraction of sp³-hybridized carbons (Fsp3) is 0.111. The molecule has 6 nitrogen and oxygen atoms in total. The molecule has 2 heterocycles. The van der Waals surface area contributed by atoms with Crippen LogP contribution in [-0.4, -0.2) is 27.3 Å². The predicted molar refractivity (Wildman–Crippen MR) is 96.4 cm³/mol. The molecule has 3 aromatic rings. The summed E-state index contributed by atoms with van der Waals surface area (Å²) >= 11 is 3.40. The minimum atomic E-state index is -0.744. The molecule has 1 aliphatic heterocycles. The zero-order valence-electron chi connectivity index (χ0n) is 13.5. The van der Waals surface area contributed by atoms with E-state index in [0.717, 1.165) is 15.2 Å². The van der Waals surface area contributed by atoms with E-state index >= 15 is 0 Å². The lowest BCUT2D eigenvalue weighted by atomic mass is 10.1. The third kappa shape index (κ3) is 3.03. The van der Waals surface area contributed by atoms with Crippen molar-refractivity contribution < 1.29 is 13.9 Å². The van der Waals surface area contributed by atoms with Crippen molar-refractivity contribution in [1.82, 2.24) is 14.8 Å². The first-order chi connectivity index (χ1) is 12.5. The van der Waals surface area contributed by atoms with Crippen LogP contribution in [0.3, 0.4) is 0 Å². The van der Waals surface area contributed by atoms with Gasteiger partial charge in [0.1, 0.15) is 18.1 Å². The van der Waals surface area contributed by atoms with Crippen LogP contribution in [0.2, 0.25) is 0 Å². The molecule has 4 rings (SSSR count). The molecule has 2 aromatic carbocycles. The standard InChI is InChI=1S/C18H14BrFN4O2/c19-12-3-7-14(8-4-12)23-9-15(18-24(21)16(25)10-26-18)17(22-23)11-1-5-13(20)6-2-11/h1-9,18H,10,21H2. The monoisotopic (exact) mass is 416 g/mol. The van der Waals surface area contributed by atoms with Crippen LogP contribution < -0.4 is 5.84 Å². The maximum absolute atomic E-state index is 13.3. The molecular weight excluding hydrogens is 403 g/mol. The van der Waals surface area contributed by atoms with Gasteiger partial charge in [-0.05, 0) is 48.5 Å². The molecule has 0 spiro atoms. The summed E-state index contributed by atoms with van der Waals surface area (Å²) < 4.78 is 21.5. The molecule has 1 fully saturated rings. The van der Waals surface area contributed by atoms with Crippen LogP contribution >= 0.6 is 15.9 Å². The van der Waals surface area contributed by atoms with Crippen LogP contribution in [0.15, 0.2) is 59.2 Å². The number of rotatable bonds is 3. The maximum atomic E-state index is 13.3. The molecule has 1 atom stereocenters. The molecule has 0 aliphatic carbocycles. The van der Waals surface area contributed by atoms with E-state index in [9.17, 15) is 9.18 Å². The van der Waals surface area contributed by atoms with Crippen LogP contribution in [0, 0.1) is 5.82 Å². The molecule has 1 saturated heterocycles. The Bertz CT molecular complexity index is 956. The first-order valence-electron chi connectivity index (χ1n) is 7.83. The first-order valence-corrected chi connectivity index (χ1v) is 8.62. The number of amides is 1. The summed E-state index contributed by atoms with van der Waals surface area (Å²) in [4.78, 5) is 11.8. The SMILES string of the molecule is NN1C(=O)COC1c1cn(-c2ccc(Br)cc2)nc1-c1ccc(F)cc1. The molecule has 2 N–H and O–H groups in total. The Balaban J connectivity index is 1.83. The summed E-state index contributed by atoms with van der Waals surface area (Å²) in [5.74, 6) is 5.20. The van der Waals surface area contributed by atoms with E-state index in [2.05, 4.69) is 21.0 Å². The van der Waals surface area contributed by atoms with Crippen molar-refractivity contribution in [3.63, 3.8) is 0 Å². The second-order valence-corrected chi connectivity index (χ2v) is 6.74. The Labute approximate surface area is 157 Å². The Morgan fingerprint density at radius 3 is 2.46 bits per heavy atom. The highest BCUT2D eigenvalue weighted by molar-refractivity contribution is 9.10. The van der Waals surface area contributed by atoms with E-state index in [0.29, 0.717) is 16.8 Å². The van der Waals surface area contributed by atoms with E-state index in [4.69, 9.17) is 10.6 Å². The molecule has 1 aliphatic rings. The highest BCUT2D eigenvalue weighted by Gasteiger charge is 2.34. The zero-order valence-corrected chi connectivity index (χ0v) is 15.1. The Kier molecular flexibility index (Phi) is 4.31. The number of benzene rings is 2. The van der Waals surface area contributed by atoms with Gasteiger partial charge in [0.2, 0.25) is 0 Å². The van der Waals surface area contributed by atoms with Crippen molar-refractivity contribution in [2.75, 3.05) is 6.61 Å². The van der Waals surface area contributed by atoms with Crippen LogP contribution in [0.5, 0.6) is 0 Å². The maximum Gasteiger partial charge on any atom is 0.265 e. The van der Waals surface area contributed by atoms with Gasteiger partial charge in [-0.3, -0.25) is 4.79 Å². The normalized spacial score (nSPS) is 17.1. The number of carbonyl (C=O) groups excluding carboxylic acids is 1. The van der Waals surface area contributed by atoms with E-state index in [-0.39, 0.29) is 18.3 Å². The number of hydrogen-bond acceptors (Lipinski definition) is 4. The lowest BCUT2D eigenvalue weighted by molar-refractivity contribution is -0.128. The molecule has 26 heavy (non-hydrogen) atoms. The van der Waals surface area contributed by atoms with Crippen molar-refractivity contribution in [1.29, 1.82) is 0 Å². The third-order valence-corrected chi connectivity index (χ3v) is 4.65. The van der Waals surface area contributed by atoms with Gasteiger partial charge in [0.25, 0.3) is 5.91 Å². The second-order valence-electron chi connectivity index (χ2n) is 5.83. The van der Waals surface area contributed by atoms with Crippen LogP contribution in [0.4, 0.5) is 4.39 Å². The summed E-state index contributed by atoms with van der Waals surface area (Å²) in [6.45, 7) is -0.0898. The summed E-state index contributed by atoms with van der Waals surface area (Å²) in [6.07, 6.45) is 1.03. The van der Waals surface area contributed by atoms with Gasteiger partial charge >= 0.3 is 0 Å². The number of nitrogens with zero attached hydrogens (tertiary/aromatic N) is 3.